The Hall–Kier alpha value is -0.600. The lowest BCUT2D eigenvalue weighted by atomic mass is 9.88. The Morgan fingerprint density at radius 2 is 2.00 bits per heavy atom. The zero-order chi connectivity index (χ0) is 12.3. The summed E-state index contributed by atoms with van der Waals surface area (Å²) >= 11 is 0. The Labute approximate surface area is 105 Å². The summed E-state index contributed by atoms with van der Waals surface area (Å²) in [6, 6.07) is 0. The van der Waals surface area contributed by atoms with Crippen molar-refractivity contribution in [2.75, 3.05) is 13.2 Å². The van der Waals surface area contributed by atoms with Crippen LogP contribution in [0.3, 0.4) is 0 Å². The van der Waals surface area contributed by atoms with Crippen molar-refractivity contribution >= 4 is 0 Å². The largest absolute Gasteiger partial charge is 0.348 e. The molecule has 1 heterocycles. The van der Waals surface area contributed by atoms with Crippen molar-refractivity contribution in [3.63, 3.8) is 0 Å². The molecule has 0 bridgehead atoms. The van der Waals surface area contributed by atoms with Crippen molar-refractivity contribution in [2.24, 2.45) is 11.3 Å². The number of ether oxygens (including phenoxy) is 2. The van der Waals surface area contributed by atoms with Crippen molar-refractivity contribution < 1.29 is 9.47 Å². The molecular weight excluding hydrogens is 212 g/mol. The Bertz CT molecular complexity index is 294. The second kappa shape index (κ2) is 5.36. The summed E-state index contributed by atoms with van der Waals surface area (Å²) in [5.74, 6) is 0.731. The lowest BCUT2D eigenvalue weighted by Crippen LogP contribution is -2.38. The second-order valence-electron chi connectivity index (χ2n) is 6.13. The van der Waals surface area contributed by atoms with Gasteiger partial charge in [-0.3, -0.25) is 0 Å². The lowest BCUT2D eigenvalue weighted by Gasteiger charge is -2.36. The predicted molar refractivity (Wildman–Crippen MR) is 69.7 cm³/mol. The van der Waals surface area contributed by atoms with E-state index in [9.17, 15) is 0 Å². The molecule has 1 fully saturated rings. The molecule has 1 unspecified atom stereocenters. The highest BCUT2D eigenvalue weighted by molar-refractivity contribution is 5.04. The molecule has 2 nitrogen and oxygen atoms in total. The van der Waals surface area contributed by atoms with E-state index >= 15 is 0 Å². The quantitative estimate of drug-likeness (QED) is 0.696. The first-order valence-corrected chi connectivity index (χ1v) is 6.63. The van der Waals surface area contributed by atoms with Crippen LogP contribution in [0.5, 0.6) is 0 Å². The molecule has 1 atom stereocenters. The molecule has 1 saturated heterocycles. The molecule has 17 heavy (non-hydrogen) atoms. The van der Waals surface area contributed by atoms with E-state index in [0.717, 1.165) is 31.1 Å². The molecule has 0 aromatic carbocycles. The van der Waals surface area contributed by atoms with Crippen LogP contribution in [-0.4, -0.2) is 19.5 Å². The third-order valence-electron chi connectivity index (χ3n) is 3.51. The maximum atomic E-state index is 5.76. The molecule has 0 aromatic heterocycles. The lowest BCUT2D eigenvalue weighted by molar-refractivity contribution is -0.204. The smallest absolute Gasteiger partial charge is 0.179 e. The van der Waals surface area contributed by atoms with Crippen LogP contribution >= 0.6 is 0 Å². The van der Waals surface area contributed by atoms with Gasteiger partial charge in [0.15, 0.2) is 6.29 Å². The van der Waals surface area contributed by atoms with Gasteiger partial charge in [-0.25, -0.2) is 0 Å². The Morgan fingerprint density at radius 1 is 1.29 bits per heavy atom. The van der Waals surface area contributed by atoms with Crippen molar-refractivity contribution in [3.05, 3.63) is 24.3 Å². The molecule has 0 aromatic rings. The van der Waals surface area contributed by atoms with Crippen molar-refractivity contribution in [3.8, 4) is 0 Å². The minimum Gasteiger partial charge on any atom is -0.348 e. The topological polar surface area (TPSA) is 18.5 Å². The molecule has 1 aliphatic heterocycles. The van der Waals surface area contributed by atoms with Gasteiger partial charge in [0, 0.05) is 5.41 Å². The van der Waals surface area contributed by atoms with Crippen LogP contribution in [0.25, 0.3) is 0 Å². The summed E-state index contributed by atoms with van der Waals surface area (Å²) in [5.41, 5.74) is 1.26. The minimum absolute atomic E-state index is 0.143. The highest BCUT2D eigenvalue weighted by atomic mass is 16.7. The van der Waals surface area contributed by atoms with Gasteiger partial charge >= 0.3 is 0 Å². The van der Waals surface area contributed by atoms with Crippen molar-refractivity contribution in [1.82, 2.24) is 0 Å². The zero-order valence-corrected chi connectivity index (χ0v) is 11.1. The fraction of sp³-hybridized carbons (Fsp3) is 0.733. The van der Waals surface area contributed by atoms with Crippen LogP contribution in [0.4, 0.5) is 0 Å². The van der Waals surface area contributed by atoms with Gasteiger partial charge < -0.3 is 9.47 Å². The summed E-state index contributed by atoms with van der Waals surface area (Å²) < 4.78 is 11.5. The molecular formula is C15H24O2. The van der Waals surface area contributed by atoms with E-state index in [1.807, 2.05) is 0 Å². The van der Waals surface area contributed by atoms with Gasteiger partial charge in [0.25, 0.3) is 0 Å². The van der Waals surface area contributed by atoms with Crippen LogP contribution in [-0.2, 0) is 9.47 Å². The standard InChI is InChI=1S/C15H24O2/c1-12(9-13-7-5-4-6-8-13)14-16-10-15(2,3)11-17-14/h4-5,13-14H,1,6-11H2,2-3H3. The normalized spacial score (nSPS) is 29.2. The van der Waals surface area contributed by atoms with Crippen LogP contribution in [0.1, 0.15) is 39.5 Å². The zero-order valence-electron chi connectivity index (χ0n) is 11.1. The van der Waals surface area contributed by atoms with Crippen LogP contribution in [0.2, 0.25) is 0 Å². The van der Waals surface area contributed by atoms with Gasteiger partial charge in [0.05, 0.1) is 13.2 Å². The van der Waals surface area contributed by atoms with E-state index in [4.69, 9.17) is 9.47 Å². The van der Waals surface area contributed by atoms with E-state index in [-0.39, 0.29) is 11.7 Å². The van der Waals surface area contributed by atoms with Crippen molar-refractivity contribution in [1.29, 1.82) is 0 Å². The molecule has 2 aliphatic rings. The molecule has 0 N–H and O–H groups in total. The van der Waals surface area contributed by atoms with E-state index in [1.165, 1.54) is 19.3 Å². The highest BCUT2D eigenvalue weighted by Crippen LogP contribution is 2.30. The van der Waals surface area contributed by atoms with Crippen LogP contribution in [0, 0.1) is 11.3 Å². The summed E-state index contributed by atoms with van der Waals surface area (Å²) in [4.78, 5) is 0. The summed E-state index contributed by atoms with van der Waals surface area (Å²) in [5, 5.41) is 0. The van der Waals surface area contributed by atoms with Gasteiger partial charge in [-0.1, -0.05) is 32.6 Å². The fourth-order valence-corrected chi connectivity index (χ4v) is 2.44. The number of rotatable bonds is 3. The first-order chi connectivity index (χ1) is 8.07. The summed E-state index contributed by atoms with van der Waals surface area (Å²) in [6.45, 7) is 10.0. The maximum Gasteiger partial charge on any atom is 0.179 e. The van der Waals surface area contributed by atoms with Gasteiger partial charge in [-0.05, 0) is 37.2 Å². The third-order valence-corrected chi connectivity index (χ3v) is 3.51. The average Bonchev–Trinajstić information content (AvgIpc) is 2.30. The first-order valence-electron chi connectivity index (χ1n) is 6.63. The number of allylic oxidation sites excluding steroid dienone is 2. The van der Waals surface area contributed by atoms with Gasteiger partial charge in [0.2, 0.25) is 0 Å². The number of hydrogen-bond acceptors (Lipinski definition) is 2. The molecule has 0 amide bonds. The monoisotopic (exact) mass is 236 g/mol. The highest BCUT2D eigenvalue weighted by Gasteiger charge is 2.30. The van der Waals surface area contributed by atoms with E-state index in [2.05, 4.69) is 32.6 Å². The van der Waals surface area contributed by atoms with E-state index < -0.39 is 0 Å². The SMILES string of the molecule is C=C(CC1CC=CCC1)C1OCC(C)(C)CO1. The Balaban J connectivity index is 1.78. The predicted octanol–water partition coefficient (Wildman–Crippen LogP) is 3.69. The maximum absolute atomic E-state index is 5.76. The van der Waals surface area contributed by atoms with Gasteiger partial charge in [-0.15, -0.1) is 0 Å². The Morgan fingerprint density at radius 3 is 2.59 bits per heavy atom. The van der Waals surface area contributed by atoms with Crippen LogP contribution < -0.4 is 0 Å². The Kier molecular flexibility index (Phi) is 4.05. The molecule has 0 radical (unpaired) electrons. The van der Waals surface area contributed by atoms with E-state index in [1.54, 1.807) is 0 Å². The second-order valence-corrected chi connectivity index (χ2v) is 6.13. The van der Waals surface area contributed by atoms with E-state index in [0.29, 0.717) is 0 Å². The van der Waals surface area contributed by atoms with Crippen molar-refractivity contribution in [2.45, 2.75) is 45.8 Å². The average molecular weight is 236 g/mol. The summed E-state index contributed by atoms with van der Waals surface area (Å²) in [6.07, 6.45) is 9.08. The first kappa shape index (κ1) is 12.8. The minimum atomic E-state index is -0.172. The molecule has 2 heteroatoms. The molecule has 0 saturated carbocycles. The molecule has 0 spiro atoms. The van der Waals surface area contributed by atoms with Gasteiger partial charge in [0.1, 0.15) is 0 Å². The number of hydrogen-bond donors (Lipinski definition) is 0. The van der Waals surface area contributed by atoms with Gasteiger partial charge in [-0.2, -0.15) is 0 Å². The fourth-order valence-electron chi connectivity index (χ4n) is 2.44. The van der Waals surface area contributed by atoms with Crippen LogP contribution in [0.15, 0.2) is 24.3 Å². The summed E-state index contributed by atoms with van der Waals surface area (Å²) in [7, 11) is 0. The molecule has 96 valence electrons. The molecule has 1 aliphatic carbocycles. The molecule has 2 rings (SSSR count). The third kappa shape index (κ3) is 3.68.